The van der Waals surface area contributed by atoms with Crippen LogP contribution < -0.4 is 0 Å². The highest BCUT2D eigenvalue weighted by Gasteiger charge is 2.34. The molecule has 0 spiro atoms. The van der Waals surface area contributed by atoms with E-state index in [-0.39, 0.29) is 11.1 Å². The molecule has 11 heavy (non-hydrogen) atoms. The van der Waals surface area contributed by atoms with E-state index < -0.39 is 0 Å². The molecule has 0 aromatic rings. The van der Waals surface area contributed by atoms with E-state index in [1.165, 1.54) is 0 Å². The van der Waals surface area contributed by atoms with Gasteiger partial charge in [-0.3, -0.25) is 0 Å². The molecule has 0 saturated carbocycles. The highest BCUT2D eigenvalue weighted by atomic mass is 16.5. The minimum atomic E-state index is -0.0463. The minimum Gasteiger partial charge on any atom is -0.475 e. The zero-order valence-electron chi connectivity index (χ0n) is 8.06. The molecule has 0 aromatic carbocycles. The standard InChI is InChI=1S/C9H17NO/c1-7-10-8(2,3)6-9(4,5)11-7/h6H2,1-5H3. The summed E-state index contributed by atoms with van der Waals surface area (Å²) in [5.41, 5.74) is 0.00116. The van der Waals surface area contributed by atoms with Gasteiger partial charge in [-0.25, -0.2) is 4.99 Å². The molecule has 64 valence electrons. The van der Waals surface area contributed by atoms with E-state index in [1.54, 1.807) is 0 Å². The fourth-order valence-electron chi connectivity index (χ4n) is 1.97. The maximum absolute atomic E-state index is 5.56. The van der Waals surface area contributed by atoms with Crippen molar-refractivity contribution in [1.29, 1.82) is 0 Å². The van der Waals surface area contributed by atoms with Gasteiger partial charge in [0.15, 0.2) is 5.90 Å². The molecule has 0 aliphatic carbocycles. The Kier molecular flexibility index (Phi) is 1.73. The predicted octanol–water partition coefficient (Wildman–Crippen LogP) is 2.38. The van der Waals surface area contributed by atoms with Gasteiger partial charge in [-0.15, -0.1) is 0 Å². The minimum absolute atomic E-state index is 0.0463. The SMILES string of the molecule is CC1=NC(C)(C)CC(C)(C)O1. The smallest absolute Gasteiger partial charge is 0.181 e. The Balaban J connectivity index is 2.86. The van der Waals surface area contributed by atoms with Crippen LogP contribution >= 0.6 is 0 Å². The zero-order valence-corrected chi connectivity index (χ0v) is 8.06. The average molecular weight is 155 g/mol. The van der Waals surface area contributed by atoms with E-state index in [4.69, 9.17) is 4.74 Å². The Hall–Kier alpha value is -0.530. The van der Waals surface area contributed by atoms with Crippen LogP contribution in [0.15, 0.2) is 4.99 Å². The van der Waals surface area contributed by atoms with Crippen LogP contribution in [0.4, 0.5) is 0 Å². The highest BCUT2D eigenvalue weighted by Crippen LogP contribution is 2.30. The van der Waals surface area contributed by atoms with Gasteiger partial charge in [-0.2, -0.15) is 0 Å². The van der Waals surface area contributed by atoms with Crippen LogP contribution in [-0.4, -0.2) is 17.0 Å². The molecule has 0 amide bonds. The maximum atomic E-state index is 5.56. The molecule has 1 aliphatic rings. The molecule has 0 N–H and O–H groups in total. The van der Waals surface area contributed by atoms with Crippen LogP contribution in [-0.2, 0) is 4.74 Å². The lowest BCUT2D eigenvalue weighted by Gasteiger charge is -2.37. The normalized spacial score (nSPS) is 27.2. The van der Waals surface area contributed by atoms with Gasteiger partial charge in [0, 0.05) is 13.3 Å². The van der Waals surface area contributed by atoms with Crippen molar-refractivity contribution in [2.24, 2.45) is 4.99 Å². The van der Waals surface area contributed by atoms with Gasteiger partial charge in [0.2, 0.25) is 0 Å². The van der Waals surface area contributed by atoms with Crippen molar-refractivity contribution in [2.75, 3.05) is 0 Å². The molecule has 0 unspecified atom stereocenters. The Labute approximate surface area is 68.7 Å². The van der Waals surface area contributed by atoms with Crippen LogP contribution in [0.3, 0.4) is 0 Å². The zero-order chi connectivity index (χ0) is 8.70. The van der Waals surface area contributed by atoms with Crippen LogP contribution in [0.2, 0.25) is 0 Å². The van der Waals surface area contributed by atoms with Gasteiger partial charge in [0.1, 0.15) is 5.60 Å². The third-order valence-corrected chi connectivity index (χ3v) is 1.74. The van der Waals surface area contributed by atoms with E-state index in [0.717, 1.165) is 12.3 Å². The van der Waals surface area contributed by atoms with E-state index in [1.807, 2.05) is 6.92 Å². The van der Waals surface area contributed by atoms with Gasteiger partial charge >= 0.3 is 0 Å². The van der Waals surface area contributed by atoms with Gasteiger partial charge in [0.05, 0.1) is 5.54 Å². The third-order valence-electron chi connectivity index (χ3n) is 1.74. The lowest BCUT2D eigenvalue weighted by Crippen LogP contribution is -2.40. The summed E-state index contributed by atoms with van der Waals surface area (Å²) in [6.45, 7) is 10.4. The largest absolute Gasteiger partial charge is 0.475 e. The summed E-state index contributed by atoms with van der Waals surface area (Å²) >= 11 is 0. The lowest BCUT2D eigenvalue weighted by atomic mass is 9.89. The number of ether oxygens (including phenoxy) is 1. The van der Waals surface area contributed by atoms with Crippen molar-refractivity contribution in [3.8, 4) is 0 Å². The molecule has 0 atom stereocenters. The quantitative estimate of drug-likeness (QED) is 0.526. The van der Waals surface area contributed by atoms with Crippen molar-refractivity contribution in [3.63, 3.8) is 0 Å². The van der Waals surface area contributed by atoms with E-state index >= 15 is 0 Å². The highest BCUT2D eigenvalue weighted by molar-refractivity contribution is 5.74. The first kappa shape index (κ1) is 8.57. The van der Waals surface area contributed by atoms with Gasteiger partial charge in [0.25, 0.3) is 0 Å². The van der Waals surface area contributed by atoms with Gasteiger partial charge < -0.3 is 4.74 Å². The first-order valence-corrected chi connectivity index (χ1v) is 4.06. The monoisotopic (exact) mass is 155 g/mol. The summed E-state index contributed by atoms with van der Waals surface area (Å²) in [6.07, 6.45) is 0.983. The molecular formula is C9H17NO. The molecule has 2 nitrogen and oxygen atoms in total. The van der Waals surface area contributed by atoms with Crippen LogP contribution in [0, 0.1) is 0 Å². The molecule has 0 saturated heterocycles. The number of hydrogen-bond donors (Lipinski definition) is 0. The molecule has 0 aromatic heterocycles. The lowest BCUT2D eigenvalue weighted by molar-refractivity contribution is 0.0453. The Morgan fingerprint density at radius 1 is 1.27 bits per heavy atom. The summed E-state index contributed by atoms with van der Waals surface area (Å²) in [4.78, 5) is 4.40. The second kappa shape index (κ2) is 2.23. The molecule has 1 aliphatic heterocycles. The Morgan fingerprint density at radius 2 is 1.82 bits per heavy atom. The van der Waals surface area contributed by atoms with Crippen LogP contribution in [0.25, 0.3) is 0 Å². The Morgan fingerprint density at radius 3 is 2.18 bits per heavy atom. The second-order valence-electron chi connectivity index (χ2n) is 4.48. The number of rotatable bonds is 0. The molecule has 0 bridgehead atoms. The van der Waals surface area contributed by atoms with Crippen molar-refractivity contribution in [1.82, 2.24) is 0 Å². The Bertz CT molecular complexity index is 192. The summed E-state index contributed by atoms with van der Waals surface area (Å²) in [5, 5.41) is 0. The van der Waals surface area contributed by atoms with Gasteiger partial charge in [-0.05, 0) is 27.7 Å². The molecule has 1 heterocycles. The number of aliphatic imine (C=N–C) groups is 1. The average Bonchev–Trinajstić information content (AvgIpc) is 1.49. The fraction of sp³-hybridized carbons (Fsp3) is 0.889. The fourth-order valence-corrected chi connectivity index (χ4v) is 1.97. The number of hydrogen-bond acceptors (Lipinski definition) is 2. The third kappa shape index (κ3) is 2.21. The summed E-state index contributed by atoms with van der Waals surface area (Å²) in [6, 6.07) is 0. The second-order valence-corrected chi connectivity index (χ2v) is 4.48. The van der Waals surface area contributed by atoms with E-state index in [0.29, 0.717) is 0 Å². The molecule has 2 heteroatoms. The molecule has 1 rings (SSSR count). The van der Waals surface area contributed by atoms with Crippen LogP contribution in [0.1, 0.15) is 41.0 Å². The van der Waals surface area contributed by atoms with Crippen molar-refractivity contribution in [3.05, 3.63) is 0 Å². The summed E-state index contributed by atoms with van der Waals surface area (Å²) in [7, 11) is 0. The van der Waals surface area contributed by atoms with Crippen molar-refractivity contribution in [2.45, 2.75) is 52.2 Å². The van der Waals surface area contributed by atoms with E-state index in [2.05, 4.69) is 32.7 Å². The summed E-state index contributed by atoms with van der Waals surface area (Å²) < 4.78 is 5.56. The molecule has 0 radical (unpaired) electrons. The molecule has 0 fully saturated rings. The molecular weight excluding hydrogens is 138 g/mol. The first-order valence-electron chi connectivity index (χ1n) is 4.06. The van der Waals surface area contributed by atoms with Crippen LogP contribution in [0.5, 0.6) is 0 Å². The van der Waals surface area contributed by atoms with E-state index in [9.17, 15) is 0 Å². The number of nitrogens with zero attached hydrogens (tertiary/aromatic N) is 1. The summed E-state index contributed by atoms with van der Waals surface area (Å²) in [5.74, 6) is 0.811. The van der Waals surface area contributed by atoms with Gasteiger partial charge in [-0.1, -0.05) is 0 Å². The predicted molar refractivity (Wildman–Crippen MR) is 47.0 cm³/mol. The van der Waals surface area contributed by atoms with Crippen molar-refractivity contribution < 1.29 is 4.74 Å². The topological polar surface area (TPSA) is 21.6 Å². The van der Waals surface area contributed by atoms with Crippen molar-refractivity contribution >= 4 is 5.90 Å². The first-order chi connectivity index (χ1) is 4.81. The maximum Gasteiger partial charge on any atom is 0.181 e.